The van der Waals surface area contributed by atoms with Crippen LogP contribution >= 0.6 is 0 Å². The average molecular weight is 402 g/mol. The molecule has 0 bridgehead atoms. The normalized spacial score (nSPS) is 19.2. The van der Waals surface area contributed by atoms with Crippen molar-refractivity contribution in [2.75, 3.05) is 45.9 Å². The maximum atomic E-state index is 13.3. The van der Waals surface area contributed by atoms with Crippen molar-refractivity contribution < 1.29 is 14.3 Å². The van der Waals surface area contributed by atoms with Crippen molar-refractivity contribution in [1.29, 1.82) is 0 Å². The molecule has 0 aromatic heterocycles. The van der Waals surface area contributed by atoms with Gasteiger partial charge in [0.15, 0.2) is 6.61 Å². The lowest BCUT2D eigenvalue weighted by atomic mass is 9.94. The third kappa shape index (κ3) is 5.50. The summed E-state index contributed by atoms with van der Waals surface area (Å²) in [7, 11) is 0. The lowest BCUT2D eigenvalue weighted by Crippen LogP contribution is -2.58. The Morgan fingerprint density at radius 2 is 1.66 bits per heavy atom. The molecule has 1 saturated carbocycles. The number of ether oxygens (including phenoxy) is 1. The lowest BCUT2D eigenvalue weighted by molar-refractivity contribution is -0.141. The summed E-state index contributed by atoms with van der Waals surface area (Å²) in [4.78, 5) is 32.0. The highest BCUT2D eigenvalue weighted by Gasteiger charge is 2.38. The summed E-state index contributed by atoms with van der Waals surface area (Å²) in [5.74, 6) is 1.45. The second kappa shape index (κ2) is 10.6. The van der Waals surface area contributed by atoms with E-state index in [9.17, 15) is 9.59 Å². The first-order valence-corrected chi connectivity index (χ1v) is 11.1. The van der Waals surface area contributed by atoms with Crippen LogP contribution in [0.5, 0.6) is 5.75 Å². The van der Waals surface area contributed by atoms with E-state index in [2.05, 4.69) is 18.7 Å². The molecule has 6 nitrogen and oxygen atoms in total. The minimum Gasteiger partial charge on any atom is -0.484 e. The molecule has 2 fully saturated rings. The van der Waals surface area contributed by atoms with Crippen molar-refractivity contribution in [3.8, 4) is 5.75 Å². The Hall–Kier alpha value is -2.08. The highest BCUT2D eigenvalue weighted by Crippen LogP contribution is 2.32. The molecule has 2 aliphatic rings. The highest BCUT2D eigenvalue weighted by molar-refractivity contribution is 5.82. The molecule has 1 aromatic carbocycles. The monoisotopic (exact) mass is 401 g/mol. The molecule has 29 heavy (non-hydrogen) atoms. The summed E-state index contributed by atoms with van der Waals surface area (Å²) in [6.07, 6.45) is 4.73. The number of amides is 2. The Morgan fingerprint density at radius 3 is 2.24 bits per heavy atom. The average Bonchev–Trinajstić information content (AvgIpc) is 3.28. The molecule has 3 rings (SSSR count). The van der Waals surface area contributed by atoms with Crippen molar-refractivity contribution in [2.24, 2.45) is 5.92 Å². The minimum absolute atomic E-state index is 0.0148. The van der Waals surface area contributed by atoms with Gasteiger partial charge >= 0.3 is 0 Å². The zero-order valence-electron chi connectivity index (χ0n) is 17.9. The van der Waals surface area contributed by atoms with Crippen LogP contribution in [0, 0.1) is 5.92 Å². The van der Waals surface area contributed by atoms with Gasteiger partial charge in [-0.1, -0.05) is 31.0 Å². The number of hydrogen-bond acceptors (Lipinski definition) is 4. The van der Waals surface area contributed by atoms with Gasteiger partial charge in [0.25, 0.3) is 5.91 Å². The number of likely N-dealkylation sites (N-methyl/N-ethyl adjacent to an activating group) is 1. The quantitative estimate of drug-likeness (QED) is 0.672. The second-order valence-electron chi connectivity index (χ2n) is 8.02. The van der Waals surface area contributed by atoms with E-state index >= 15 is 0 Å². The first-order valence-electron chi connectivity index (χ1n) is 11.1. The van der Waals surface area contributed by atoms with Gasteiger partial charge in [-0.25, -0.2) is 0 Å². The van der Waals surface area contributed by atoms with Crippen LogP contribution in [0.4, 0.5) is 0 Å². The van der Waals surface area contributed by atoms with E-state index in [1.165, 1.54) is 12.8 Å². The molecule has 1 aliphatic carbocycles. The number of hydrogen-bond donors (Lipinski definition) is 0. The molecule has 1 atom stereocenters. The smallest absolute Gasteiger partial charge is 0.260 e. The molecule has 1 unspecified atom stereocenters. The summed E-state index contributed by atoms with van der Waals surface area (Å²) in [5, 5.41) is 0. The van der Waals surface area contributed by atoms with E-state index in [1.807, 2.05) is 40.1 Å². The molecule has 0 radical (unpaired) electrons. The molecule has 1 aromatic rings. The Labute approximate surface area is 174 Å². The van der Waals surface area contributed by atoms with E-state index in [-0.39, 0.29) is 24.5 Å². The maximum absolute atomic E-state index is 13.3. The molecule has 1 heterocycles. The van der Waals surface area contributed by atoms with Crippen molar-refractivity contribution in [3.05, 3.63) is 30.3 Å². The molecular weight excluding hydrogens is 366 g/mol. The summed E-state index contributed by atoms with van der Waals surface area (Å²) in [6.45, 7) is 8.51. The number of benzene rings is 1. The van der Waals surface area contributed by atoms with Crippen molar-refractivity contribution in [1.82, 2.24) is 14.7 Å². The van der Waals surface area contributed by atoms with Crippen LogP contribution in [0.2, 0.25) is 0 Å². The van der Waals surface area contributed by atoms with Crippen molar-refractivity contribution in [3.63, 3.8) is 0 Å². The molecule has 0 spiro atoms. The van der Waals surface area contributed by atoms with Crippen LogP contribution in [0.15, 0.2) is 30.3 Å². The molecule has 6 heteroatoms. The lowest BCUT2D eigenvalue weighted by Gasteiger charge is -2.42. The highest BCUT2D eigenvalue weighted by atomic mass is 16.5. The maximum Gasteiger partial charge on any atom is 0.260 e. The van der Waals surface area contributed by atoms with Gasteiger partial charge in [-0.05, 0) is 44.7 Å². The minimum atomic E-state index is -0.0322. The predicted octanol–water partition coefficient (Wildman–Crippen LogP) is 2.64. The number of rotatable bonds is 8. The third-order valence-electron chi connectivity index (χ3n) is 6.34. The fraction of sp³-hybridized carbons (Fsp3) is 0.652. The predicted molar refractivity (Wildman–Crippen MR) is 114 cm³/mol. The van der Waals surface area contributed by atoms with Gasteiger partial charge in [-0.3, -0.25) is 14.5 Å². The van der Waals surface area contributed by atoms with Gasteiger partial charge in [-0.15, -0.1) is 0 Å². The molecule has 1 saturated heterocycles. The number of carbonyl (C=O) groups excluding carboxylic acids is 2. The van der Waals surface area contributed by atoms with Gasteiger partial charge in [0, 0.05) is 39.3 Å². The van der Waals surface area contributed by atoms with Crippen LogP contribution in [0.1, 0.15) is 39.5 Å². The fourth-order valence-electron chi connectivity index (χ4n) is 4.65. The summed E-state index contributed by atoms with van der Waals surface area (Å²) in [5.41, 5.74) is 0. The molecular formula is C23H35N3O3. The standard InChI is InChI=1S/C23H35N3O3/c1-3-24(4-2)23(28)22(19-10-8-9-11-19)26-16-14-25(15-17-26)21(27)18-29-20-12-6-5-7-13-20/h5-7,12-13,19,22H,3-4,8-11,14-18H2,1-2H3. The van der Waals surface area contributed by atoms with Crippen molar-refractivity contribution >= 4 is 11.8 Å². The van der Waals surface area contributed by atoms with Crippen LogP contribution in [-0.4, -0.2) is 78.4 Å². The third-order valence-corrected chi connectivity index (χ3v) is 6.34. The largest absolute Gasteiger partial charge is 0.484 e. The fourth-order valence-corrected chi connectivity index (χ4v) is 4.65. The van der Waals surface area contributed by atoms with E-state index in [4.69, 9.17) is 4.74 Å². The molecule has 1 aliphatic heterocycles. The van der Waals surface area contributed by atoms with E-state index in [1.54, 1.807) is 0 Å². The van der Waals surface area contributed by atoms with Crippen LogP contribution in [0.25, 0.3) is 0 Å². The zero-order valence-corrected chi connectivity index (χ0v) is 17.9. The molecule has 0 N–H and O–H groups in total. The van der Waals surface area contributed by atoms with E-state index < -0.39 is 0 Å². The number of nitrogens with zero attached hydrogens (tertiary/aromatic N) is 3. The second-order valence-corrected chi connectivity index (χ2v) is 8.02. The first kappa shape index (κ1) is 21.6. The summed E-state index contributed by atoms with van der Waals surface area (Å²) in [6, 6.07) is 9.40. The topological polar surface area (TPSA) is 53.1 Å². The van der Waals surface area contributed by atoms with Crippen LogP contribution in [-0.2, 0) is 9.59 Å². The Morgan fingerprint density at radius 1 is 1.03 bits per heavy atom. The first-order chi connectivity index (χ1) is 14.1. The molecule has 160 valence electrons. The molecule has 2 amide bonds. The van der Waals surface area contributed by atoms with Gasteiger partial charge in [0.2, 0.25) is 5.91 Å². The van der Waals surface area contributed by atoms with Gasteiger partial charge in [-0.2, -0.15) is 0 Å². The van der Waals surface area contributed by atoms with Crippen molar-refractivity contribution in [2.45, 2.75) is 45.6 Å². The Kier molecular flexibility index (Phi) is 7.92. The SMILES string of the molecule is CCN(CC)C(=O)C(C1CCCC1)N1CCN(C(=O)COc2ccccc2)CC1. The summed E-state index contributed by atoms with van der Waals surface area (Å²) >= 11 is 0. The van der Waals surface area contributed by atoms with Gasteiger partial charge in [0.1, 0.15) is 5.75 Å². The van der Waals surface area contributed by atoms with E-state index in [0.29, 0.717) is 24.8 Å². The zero-order chi connectivity index (χ0) is 20.6. The number of piperazine rings is 1. The van der Waals surface area contributed by atoms with Crippen LogP contribution < -0.4 is 4.74 Å². The Bertz CT molecular complexity index is 649. The summed E-state index contributed by atoms with van der Waals surface area (Å²) < 4.78 is 5.61. The van der Waals surface area contributed by atoms with E-state index in [0.717, 1.165) is 39.0 Å². The number of carbonyl (C=O) groups is 2. The Balaban J connectivity index is 1.56. The van der Waals surface area contributed by atoms with Gasteiger partial charge < -0.3 is 14.5 Å². The van der Waals surface area contributed by atoms with Crippen LogP contribution in [0.3, 0.4) is 0 Å². The number of para-hydroxylation sites is 1. The van der Waals surface area contributed by atoms with Gasteiger partial charge in [0.05, 0.1) is 6.04 Å².